The Morgan fingerprint density at radius 2 is 2.44 bits per heavy atom. The Morgan fingerprint density at radius 3 is 3.00 bits per heavy atom. The third kappa shape index (κ3) is 3.06. The highest BCUT2D eigenvalue weighted by Crippen LogP contribution is 2.34. The number of hydrogen-bond acceptors (Lipinski definition) is 4. The summed E-state index contributed by atoms with van der Waals surface area (Å²) in [4.78, 5) is 12.7. The lowest BCUT2D eigenvalue weighted by atomic mass is 10.2. The fourth-order valence-electron chi connectivity index (χ4n) is 1.65. The lowest BCUT2D eigenvalue weighted by molar-refractivity contribution is -0.155. The van der Waals surface area contributed by atoms with Crippen molar-refractivity contribution in [1.82, 2.24) is 0 Å². The molecule has 16 heavy (non-hydrogen) atoms. The van der Waals surface area contributed by atoms with Crippen LogP contribution in [0.1, 0.15) is 17.7 Å². The van der Waals surface area contributed by atoms with Gasteiger partial charge in [-0.15, -0.1) is 11.3 Å². The zero-order valence-corrected chi connectivity index (χ0v) is 10.2. The van der Waals surface area contributed by atoms with Crippen molar-refractivity contribution in [2.75, 3.05) is 13.7 Å². The third-order valence-corrected chi connectivity index (χ3v) is 3.65. The van der Waals surface area contributed by atoms with Gasteiger partial charge in [0.25, 0.3) is 0 Å². The second-order valence-electron chi connectivity index (χ2n) is 3.98. The summed E-state index contributed by atoms with van der Waals surface area (Å²) in [5.74, 6) is 0.157. The van der Waals surface area contributed by atoms with Gasteiger partial charge in [-0.1, -0.05) is 6.07 Å². The van der Waals surface area contributed by atoms with Crippen molar-refractivity contribution in [3.63, 3.8) is 0 Å². The van der Waals surface area contributed by atoms with E-state index in [4.69, 9.17) is 9.47 Å². The van der Waals surface area contributed by atoms with Crippen LogP contribution in [0, 0.1) is 5.92 Å². The molecule has 2 rings (SSSR count). The molecule has 1 fully saturated rings. The van der Waals surface area contributed by atoms with E-state index in [0.29, 0.717) is 12.5 Å². The van der Waals surface area contributed by atoms with Gasteiger partial charge in [0.15, 0.2) is 6.10 Å². The molecule has 0 bridgehead atoms. The molecule has 1 aliphatic carbocycles. The molecule has 3 nitrogen and oxygen atoms in total. The monoisotopic (exact) mass is 240 g/mol. The van der Waals surface area contributed by atoms with Crippen LogP contribution in [0.5, 0.6) is 0 Å². The maximum absolute atomic E-state index is 11.4. The number of methoxy groups -OCH3 is 1. The zero-order chi connectivity index (χ0) is 11.4. The number of rotatable bonds is 6. The van der Waals surface area contributed by atoms with Crippen molar-refractivity contribution in [1.29, 1.82) is 0 Å². The molecule has 88 valence electrons. The second-order valence-corrected chi connectivity index (χ2v) is 5.01. The summed E-state index contributed by atoms with van der Waals surface area (Å²) in [6, 6.07) is 4.11. The number of carbonyl (C=O) groups is 1. The number of hydrogen-bond donors (Lipinski definition) is 0. The maximum Gasteiger partial charge on any atom is 0.335 e. The van der Waals surface area contributed by atoms with E-state index in [1.165, 1.54) is 12.0 Å². The van der Waals surface area contributed by atoms with Gasteiger partial charge in [-0.3, -0.25) is 0 Å². The van der Waals surface area contributed by atoms with E-state index in [9.17, 15) is 4.79 Å². The second kappa shape index (κ2) is 5.46. The normalized spacial score (nSPS) is 17.1. The van der Waals surface area contributed by atoms with Crippen molar-refractivity contribution in [2.24, 2.45) is 5.92 Å². The molecule has 1 saturated carbocycles. The molecule has 0 N–H and O–H groups in total. The zero-order valence-electron chi connectivity index (χ0n) is 9.35. The molecule has 0 saturated heterocycles. The highest BCUT2D eigenvalue weighted by Gasteiger charge is 2.37. The highest BCUT2D eigenvalue weighted by molar-refractivity contribution is 7.09. The summed E-state index contributed by atoms with van der Waals surface area (Å²) in [6.45, 7) is 0.594. The van der Waals surface area contributed by atoms with E-state index in [0.717, 1.165) is 19.3 Å². The molecule has 1 heterocycles. The first-order valence-corrected chi connectivity index (χ1v) is 6.41. The van der Waals surface area contributed by atoms with Crippen LogP contribution in [-0.2, 0) is 20.7 Å². The SMILES string of the molecule is COC(=O)C(OCCc1cccs1)C1CC1. The molecule has 1 aromatic rings. The average molecular weight is 240 g/mol. The van der Waals surface area contributed by atoms with Crippen molar-refractivity contribution in [2.45, 2.75) is 25.4 Å². The molecular weight excluding hydrogens is 224 g/mol. The molecular formula is C12H16O3S. The van der Waals surface area contributed by atoms with Gasteiger partial charge in [0.1, 0.15) is 0 Å². The van der Waals surface area contributed by atoms with Crippen molar-refractivity contribution < 1.29 is 14.3 Å². The molecule has 1 unspecified atom stereocenters. The average Bonchev–Trinajstić information content (AvgIpc) is 3.00. The Balaban J connectivity index is 1.76. The van der Waals surface area contributed by atoms with Gasteiger partial charge in [-0.25, -0.2) is 4.79 Å². The van der Waals surface area contributed by atoms with Crippen LogP contribution in [-0.4, -0.2) is 25.8 Å². The minimum atomic E-state index is -0.343. The van der Waals surface area contributed by atoms with Crippen LogP contribution in [0.15, 0.2) is 17.5 Å². The van der Waals surface area contributed by atoms with Gasteiger partial charge in [0.05, 0.1) is 13.7 Å². The summed E-state index contributed by atoms with van der Waals surface area (Å²) < 4.78 is 10.4. The Hall–Kier alpha value is -0.870. The van der Waals surface area contributed by atoms with Crippen LogP contribution in [0.2, 0.25) is 0 Å². The minimum absolute atomic E-state index is 0.228. The number of carbonyl (C=O) groups excluding carboxylic acids is 1. The highest BCUT2D eigenvalue weighted by atomic mass is 32.1. The van der Waals surface area contributed by atoms with Crippen LogP contribution >= 0.6 is 11.3 Å². The number of thiophene rings is 1. The Kier molecular flexibility index (Phi) is 3.96. The minimum Gasteiger partial charge on any atom is -0.467 e. The lowest BCUT2D eigenvalue weighted by Gasteiger charge is -2.14. The molecule has 0 aromatic carbocycles. The van der Waals surface area contributed by atoms with Crippen LogP contribution < -0.4 is 0 Å². The van der Waals surface area contributed by atoms with Crippen molar-refractivity contribution in [3.05, 3.63) is 22.4 Å². The fourth-order valence-corrected chi connectivity index (χ4v) is 2.34. The summed E-state index contributed by atoms with van der Waals surface area (Å²) in [7, 11) is 1.42. The summed E-state index contributed by atoms with van der Waals surface area (Å²) in [5.41, 5.74) is 0. The van der Waals surface area contributed by atoms with Gasteiger partial charge < -0.3 is 9.47 Å². The summed E-state index contributed by atoms with van der Waals surface area (Å²) in [6.07, 6.45) is 2.69. The predicted molar refractivity (Wildman–Crippen MR) is 62.5 cm³/mol. The smallest absolute Gasteiger partial charge is 0.335 e. The summed E-state index contributed by atoms with van der Waals surface area (Å²) in [5, 5.41) is 2.05. The Labute approximate surface area is 99.4 Å². The molecule has 0 amide bonds. The molecule has 1 aliphatic rings. The first-order valence-electron chi connectivity index (χ1n) is 5.53. The molecule has 0 spiro atoms. The maximum atomic E-state index is 11.4. The van der Waals surface area contributed by atoms with Crippen LogP contribution in [0.25, 0.3) is 0 Å². The first kappa shape index (κ1) is 11.6. The quantitative estimate of drug-likeness (QED) is 0.715. The molecule has 1 aromatic heterocycles. The topological polar surface area (TPSA) is 35.5 Å². The van der Waals surface area contributed by atoms with E-state index in [2.05, 4.69) is 6.07 Å². The predicted octanol–water partition coefficient (Wildman–Crippen LogP) is 2.26. The number of esters is 1. The van der Waals surface area contributed by atoms with Crippen LogP contribution in [0.3, 0.4) is 0 Å². The van der Waals surface area contributed by atoms with E-state index in [1.807, 2.05) is 11.4 Å². The standard InChI is InChI=1S/C12H16O3S/c1-14-12(13)11(9-4-5-9)15-7-6-10-3-2-8-16-10/h2-3,8-9,11H,4-7H2,1H3. The molecule has 1 atom stereocenters. The van der Waals surface area contributed by atoms with Gasteiger partial charge in [-0.2, -0.15) is 0 Å². The Bertz CT molecular complexity index is 330. The van der Waals surface area contributed by atoms with Gasteiger partial charge >= 0.3 is 5.97 Å². The van der Waals surface area contributed by atoms with Gasteiger partial charge in [0, 0.05) is 11.3 Å². The molecule has 4 heteroatoms. The van der Waals surface area contributed by atoms with E-state index >= 15 is 0 Å². The molecule has 0 aliphatic heterocycles. The summed E-state index contributed by atoms with van der Waals surface area (Å²) >= 11 is 1.72. The fraction of sp³-hybridized carbons (Fsp3) is 0.583. The van der Waals surface area contributed by atoms with Crippen molar-refractivity contribution in [3.8, 4) is 0 Å². The third-order valence-electron chi connectivity index (χ3n) is 2.71. The number of ether oxygens (including phenoxy) is 2. The largest absolute Gasteiger partial charge is 0.467 e. The van der Waals surface area contributed by atoms with Crippen molar-refractivity contribution >= 4 is 17.3 Å². The van der Waals surface area contributed by atoms with Crippen LogP contribution in [0.4, 0.5) is 0 Å². The molecule has 0 radical (unpaired) electrons. The van der Waals surface area contributed by atoms with E-state index in [1.54, 1.807) is 11.3 Å². The lowest BCUT2D eigenvalue weighted by Crippen LogP contribution is -2.28. The Morgan fingerprint density at radius 1 is 1.62 bits per heavy atom. The van der Waals surface area contributed by atoms with E-state index < -0.39 is 0 Å². The first-order chi connectivity index (χ1) is 7.81. The van der Waals surface area contributed by atoms with E-state index in [-0.39, 0.29) is 12.1 Å². The van der Waals surface area contributed by atoms with Gasteiger partial charge in [-0.05, 0) is 30.2 Å². The van der Waals surface area contributed by atoms with Gasteiger partial charge in [0.2, 0.25) is 0 Å².